The third kappa shape index (κ3) is 4.22. The summed E-state index contributed by atoms with van der Waals surface area (Å²) in [7, 11) is 0. The number of pyridine rings is 1. The van der Waals surface area contributed by atoms with E-state index in [0.29, 0.717) is 11.6 Å². The minimum atomic E-state index is 0.0680. The Balaban J connectivity index is 1.88. The van der Waals surface area contributed by atoms with Gasteiger partial charge < -0.3 is 10.2 Å². The molecule has 2 heterocycles. The van der Waals surface area contributed by atoms with Gasteiger partial charge in [-0.3, -0.25) is 4.79 Å². The fourth-order valence-electron chi connectivity index (χ4n) is 2.39. The van der Waals surface area contributed by atoms with Crippen molar-refractivity contribution in [1.82, 2.24) is 9.88 Å². The monoisotopic (exact) mass is 275 g/mol. The second-order valence-corrected chi connectivity index (χ2v) is 5.89. The zero-order chi connectivity index (χ0) is 14.4. The fraction of sp³-hybridized carbons (Fsp3) is 0.625. The first-order valence-electron chi connectivity index (χ1n) is 7.66. The lowest BCUT2D eigenvalue weighted by atomic mass is 10.1. The molecule has 1 aromatic rings. The molecular formula is C16H25N3O. The molecule has 0 saturated carbocycles. The molecule has 1 aliphatic rings. The molecule has 0 spiro atoms. The highest BCUT2D eigenvalue weighted by molar-refractivity contribution is 5.92. The van der Waals surface area contributed by atoms with Crippen LogP contribution in [0.4, 0.5) is 5.69 Å². The van der Waals surface area contributed by atoms with Crippen LogP contribution >= 0.6 is 0 Å². The van der Waals surface area contributed by atoms with Crippen LogP contribution in [0.25, 0.3) is 0 Å². The molecule has 1 aromatic heterocycles. The number of piperidine rings is 1. The van der Waals surface area contributed by atoms with Gasteiger partial charge in [0.1, 0.15) is 5.69 Å². The van der Waals surface area contributed by atoms with Crippen molar-refractivity contribution in [3.63, 3.8) is 0 Å². The molecule has 110 valence electrons. The van der Waals surface area contributed by atoms with Gasteiger partial charge in [0.25, 0.3) is 5.91 Å². The molecular weight excluding hydrogens is 250 g/mol. The van der Waals surface area contributed by atoms with Crippen molar-refractivity contribution < 1.29 is 4.79 Å². The summed E-state index contributed by atoms with van der Waals surface area (Å²) in [6, 6.07) is 3.78. The maximum absolute atomic E-state index is 12.3. The molecule has 2 rings (SSSR count). The number of hydrogen-bond acceptors (Lipinski definition) is 3. The molecule has 1 aliphatic heterocycles. The first kappa shape index (κ1) is 14.8. The van der Waals surface area contributed by atoms with E-state index in [2.05, 4.69) is 24.1 Å². The van der Waals surface area contributed by atoms with Crippen LogP contribution in [-0.4, -0.2) is 35.4 Å². The van der Waals surface area contributed by atoms with Gasteiger partial charge in [-0.1, -0.05) is 13.8 Å². The Kier molecular flexibility index (Phi) is 5.39. The lowest BCUT2D eigenvalue weighted by Gasteiger charge is -2.26. The predicted molar refractivity (Wildman–Crippen MR) is 81.9 cm³/mol. The summed E-state index contributed by atoms with van der Waals surface area (Å²) in [6.07, 6.45) is 6.35. The average molecular weight is 275 g/mol. The fourth-order valence-corrected chi connectivity index (χ4v) is 2.39. The van der Waals surface area contributed by atoms with E-state index >= 15 is 0 Å². The number of carbonyl (C=O) groups is 1. The second-order valence-electron chi connectivity index (χ2n) is 5.89. The zero-order valence-corrected chi connectivity index (χ0v) is 12.6. The van der Waals surface area contributed by atoms with Crippen molar-refractivity contribution in [2.75, 3.05) is 25.0 Å². The topological polar surface area (TPSA) is 45.2 Å². The molecule has 0 atom stereocenters. The van der Waals surface area contributed by atoms with Crippen molar-refractivity contribution in [3.8, 4) is 0 Å². The Morgan fingerprint density at radius 2 is 2.05 bits per heavy atom. The summed E-state index contributed by atoms with van der Waals surface area (Å²) < 4.78 is 0. The van der Waals surface area contributed by atoms with E-state index in [1.54, 1.807) is 6.20 Å². The van der Waals surface area contributed by atoms with Crippen LogP contribution in [0.1, 0.15) is 50.0 Å². The van der Waals surface area contributed by atoms with Gasteiger partial charge in [-0.15, -0.1) is 0 Å². The van der Waals surface area contributed by atoms with E-state index in [0.717, 1.165) is 44.6 Å². The number of carbonyl (C=O) groups excluding carboxylic acids is 1. The summed E-state index contributed by atoms with van der Waals surface area (Å²) >= 11 is 0. The highest BCUT2D eigenvalue weighted by atomic mass is 16.2. The number of amides is 1. The summed E-state index contributed by atoms with van der Waals surface area (Å²) in [5, 5.41) is 3.33. The standard InChI is InChI=1S/C16H25N3O/c1-13(2)8-9-17-14-6-7-15(18-12-14)16(20)19-10-4-3-5-11-19/h6-7,12-13,17H,3-5,8-11H2,1-2H3. The van der Waals surface area contributed by atoms with Gasteiger partial charge in [-0.25, -0.2) is 4.98 Å². The van der Waals surface area contributed by atoms with Gasteiger partial charge in [0.15, 0.2) is 0 Å². The van der Waals surface area contributed by atoms with E-state index in [1.165, 1.54) is 6.42 Å². The highest BCUT2D eigenvalue weighted by Gasteiger charge is 2.18. The van der Waals surface area contributed by atoms with Crippen LogP contribution in [0, 0.1) is 5.92 Å². The van der Waals surface area contributed by atoms with Crippen LogP contribution in [0.5, 0.6) is 0 Å². The molecule has 4 heteroatoms. The molecule has 0 radical (unpaired) electrons. The third-order valence-electron chi connectivity index (χ3n) is 3.68. The Morgan fingerprint density at radius 3 is 2.65 bits per heavy atom. The molecule has 4 nitrogen and oxygen atoms in total. The Morgan fingerprint density at radius 1 is 1.30 bits per heavy atom. The number of nitrogens with one attached hydrogen (secondary N) is 1. The first-order valence-corrected chi connectivity index (χ1v) is 7.66. The SMILES string of the molecule is CC(C)CCNc1ccc(C(=O)N2CCCCC2)nc1. The van der Waals surface area contributed by atoms with Gasteiger partial charge in [0.2, 0.25) is 0 Å². The van der Waals surface area contributed by atoms with Crippen molar-refractivity contribution in [1.29, 1.82) is 0 Å². The van der Waals surface area contributed by atoms with Crippen molar-refractivity contribution in [3.05, 3.63) is 24.0 Å². The molecule has 0 aromatic carbocycles. The van der Waals surface area contributed by atoms with E-state index < -0.39 is 0 Å². The minimum absolute atomic E-state index is 0.0680. The molecule has 0 aliphatic carbocycles. The number of aromatic nitrogens is 1. The molecule has 1 saturated heterocycles. The normalized spacial score (nSPS) is 15.4. The van der Waals surface area contributed by atoms with Gasteiger partial charge in [-0.05, 0) is 43.7 Å². The van der Waals surface area contributed by atoms with E-state index in [4.69, 9.17) is 0 Å². The molecule has 0 unspecified atom stereocenters. The molecule has 1 fully saturated rings. The lowest BCUT2D eigenvalue weighted by molar-refractivity contribution is 0.0718. The highest BCUT2D eigenvalue weighted by Crippen LogP contribution is 2.13. The van der Waals surface area contributed by atoms with Crippen LogP contribution in [0.3, 0.4) is 0 Å². The average Bonchev–Trinajstić information content (AvgIpc) is 2.48. The largest absolute Gasteiger partial charge is 0.384 e. The summed E-state index contributed by atoms with van der Waals surface area (Å²) in [5.74, 6) is 0.758. The number of likely N-dealkylation sites (tertiary alicyclic amines) is 1. The van der Waals surface area contributed by atoms with Crippen LogP contribution < -0.4 is 5.32 Å². The maximum atomic E-state index is 12.3. The first-order chi connectivity index (χ1) is 9.66. The van der Waals surface area contributed by atoms with Crippen LogP contribution in [-0.2, 0) is 0 Å². The number of hydrogen-bond donors (Lipinski definition) is 1. The Labute approximate surface area is 121 Å². The van der Waals surface area contributed by atoms with Crippen LogP contribution in [0.15, 0.2) is 18.3 Å². The third-order valence-corrected chi connectivity index (χ3v) is 3.68. The summed E-state index contributed by atoms with van der Waals surface area (Å²) in [4.78, 5) is 18.5. The lowest BCUT2D eigenvalue weighted by Crippen LogP contribution is -2.36. The van der Waals surface area contributed by atoms with E-state index in [-0.39, 0.29) is 5.91 Å². The van der Waals surface area contributed by atoms with Gasteiger partial charge in [0.05, 0.1) is 11.9 Å². The minimum Gasteiger partial charge on any atom is -0.384 e. The zero-order valence-electron chi connectivity index (χ0n) is 12.6. The van der Waals surface area contributed by atoms with Crippen LogP contribution in [0.2, 0.25) is 0 Å². The van der Waals surface area contributed by atoms with Gasteiger partial charge >= 0.3 is 0 Å². The second kappa shape index (κ2) is 7.27. The molecule has 1 amide bonds. The Hall–Kier alpha value is -1.58. The summed E-state index contributed by atoms with van der Waals surface area (Å²) in [5.41, 5.74) is 1.54. The quantitative estimate of drug-likeness (QED) is 0.897. The van der Waals surface area contributed by atoms with Crippen molar-refractivity contribution in [2.45, 2.75) is 39.5 Å². The van der Waals surface area contributed by atoms with E-state index in [1.807, 2.05) is 17.0 Å². The van der Waals surface area contributed by atoms with E-state index in [9.17, 15) is 4.79 Å². The van der Waals surface area contributed by atoms with Gasteiger partial charge in [0, 0.05) is 19.6 Å². The molecule has 20 heavy (non-hydrogen) atoms. The number of anilines is 1. The maximum Gasteiger partial charge on any atom is 0.272 e. The number of rotatable bonds is 5. The van der Waals surface area contributed by atoms with Crippen molar-refractivity contribution >= 4 is 11.6 Å². The summed E-state index contributed by atoms with van der Waals surface area (Å²) in [6.45, 7) is 7.10. The predicted octanol–water partition coefficient (Wildman–Crippen LogP) is 3.17. The molecule has 0 bridgehead atoms. The smallest absolute Gasteiger partial charge is 0.272 e. The van der Waals surface area contributed by atoms with Gasteiger partial charge in [-0.2, -0.15) is 0 Å². The Bertz CT molecular complexity index is 422. The molecule has 1 N–H and O–H groups in total. The van der Waals surface area contributed by atoms with Crippen molar-refractivity contribution in [2.24, 2.45) is 5.92 Å². The number of nitrogens with zero attached hydrogens (tertiary/aromatic N) is 2.